The molecule has 1 rings (SSSR count). The molecule has 0 aliphatic carbocycles. The van der Waals surface area contributed by atoms with Gasteiger partial charge in [0.25, 0.3) is 0 Å². The fourth-order valence-electron chi connectivity index (χ4n) is 1.57. The van der Waals surface area contributed by atoms with E-state index in [0.29, 0.717) is 30.8 Å². The zero-order chi connectivity index (χ0) is 14.3. The van der Waals surface area contributed by atoms with Crippen LogP contribution in [0.2, 0.25) is 0 Å². The molecule has 0 bridgehead atoms. The number of hydrogen-bond acceptors (Lipinski definition) is 6. The van der Waals surface area contributed by atoms with Crippen LogP contribution in [0.5, 0.6) is 0 Å². The van der Waals surface area contributed by atoms with Gasteiger partial charge in [0, 0.05) is 19.7 Å². The summed E-state index contributed by atoms with van der Waals surface area (Å²) < 4.78 is 5.32. The van der Waals surface area contributed by atoms with E-state index in [9.17, 15) is 5.11 Å². The Labute approximate surface area is 114 Å². The maximum atomic E-state index is 9.35. The molecule has 0 fully saturated rings. The van der Waals surface area contributed by atoms with Gasteiger partial charge in [0.15, 0.2) is 5.82 Å². The zero-order valence-electron chi connectivity index (χ0n) is 12.1. The number of aliphatic hydroxyl groups is 1. The van der Waals surface area contributed by atoms with Crippen LogP contribution in [0.4, 0.5) is 11.6 Å². The van der Waals surface area contributed by atoms with Crippen molar-refractivity contribution < 1.29 is 9.84 Å². The minimum absolute atomic E-state index is 0.0282. The highest BCUT2D eigenvalue weighted by Crippen LogP contribution is 2.15. The van der Waals surface area contributed by atoms with E-state index in [1.807, 2.05) is 20.0 Å². The largest absolute Gasteiger partial charge is 0.394 e. The molecule has 1 aromatic rings. The van der Waals surface area contributed by atoms with Crippen LogP contribution in [-0.4, -0.2) is 41.4 Å². The topological polar surface area (TPSA) is 79.3 Å². The van der Waals surface area contributed by atoms with Crippen LogP contribution in [0.1, 0.15) is 26.6 Å². The third-order valence-corrected chi connectivity index (χ3v) is 2.80. The van der Waals surface area contributed by atoms with Crippen LogP contribution >= 0.6 is 0 Å². The van der Waals surface area contributed by atoms with Crippen molar-refractivity contribution in [3.63, 3.8) is 0 Å². The number of nitrogens with one attached hydrogen (secondary N) is 2. The van der Waals surface area contributed by atoms with E-state index in [-0.39, 0.29) is 12.6 Å². The van der Waals surface area contributed by atoms with Crippen LogP contribution in [0.15, 0.2) is 6.07 Å². The summed E-state index contributed by atoms with van der Waals surface area (Å²) in [4.78, 5) is 8.71. The Morgan fingerprint density at radius 1 is 1.32 bits per heavy atom. The summed E-state index contributed by atoms with van der Waals surface area (Å²) in [6.07, 6.45) is 0. The first-order valence-corrected chi connectivity index (χ1v) is 6.61. The molecular weight excluding hydrogens is 244 g/mol. The second-order valence-corrected chi connectivity index (χ2v) is 4.62. The molecule has 0 unspecified atom stereocenters. The molecule has 0 saturated carbocycles. The lowest BCUT2D eigenvalue weighted by Crippen LogP contribution is -2.30. The molecule has 1 atom stereocenters. The minimum Gasteiger partial charge on any atom is -0.394 e. The molecule has 6 nitrogen and oxygen atoms in total. The minimum atomic E-state index is -0.0282. The summed E-state index contributed by atoms with van der Waals surface area (Å²) in [5.41, 5.74) is 0. The first kappa shape index (κ1) is 15.7. The number of nitrogens with zero attached hydrogens (tertiary/aromatic N) is 2. The fourth-order valence-corrected chi connectivity index (χ4v) is 1.57. The average molecular weight is 268 g/mol. The Morgan fingerprint density at radius 2 is 2.00 bits per heavy atom. The standard InChI is InChI=1S/C13H24N4O2/c1-5-19-8-13-16-11(14-4)6-12(17-13)15-10(7-18)9(2)3/h6,9-10,18H,5,7-8H2,1-4H3,(H2,14,15,16,17)/t10-/m1/s1. The van der Waals surface area contributed by atoms with Gasteiger partial charge in [0.2, 0.25) is 0 Å². The molecule has 19 heavy (non-hydrogen) atoms. The van der Waals surface area contributed by atoms with Crippen molar-refractivity contribution in [2.24, 2.45) is 5.92 Å². The molecule has 0 amide bonds. The molecular formula is C13H24N4O2. The van der Waals surface area contributed by atoms with Crippen LogP contribution in [0.3, 0.4) is 0 Å². The average Bonchev–Trinajstić information content (AvgIpc) is 2.41. The predicted molar refractivity (Wildman–Crippen MR) is 76.2 cm³/mol. The number of hydrogen-bond donors (Lipinski definition) is 3. The van der Waals surface area contributed by atoms with Crippen LogP contribution in [0.25, 0.3) is 0 Å². The third-order valence-electron chi connectivity index (χ3n) is 2.80. The first-order chi connectivity index (χ1) is 9.10. The smallest absolute Gasteiger partial charge is 0.158 e. The van der Waals surface area contributed by atoms with E-state index >= 15 is 0 Å². The Hall–Kier alpha value is -1.40. The van der Waals surface area contributed by atoms with Crippen molar-refractivity contribution >= 4 is 11.6 Å². The normalized spacial score (nSPS) is 12.5. The van der Waals surface area contributed by atoms with Gasteiger partial charge in [0.05, 0.1) is 12.6 Å². The third kappa shape index (κ3) is 5.00. The number of anilines is 2. The number of aliphatic hydroxyl groups excluding tert-OH is 1. The molecule has 0 aromatic carbocycles. The first-order valence-electron chi connectivity index (χ1n) is 6.61. The molecule has 6 heteroatoms. The number of rotatable bonds is 8. The van der Waals surface area contributed by atoms with Crippen molar-refractivity contribution in [1.82, 2.24) is 9.97 Å². The monoisotopic (exact) mass is 268 g/mol. The van der Waals surface area contributed by atoms with E-state index in [4.69, 9.17) is 4.74 Å². The highest BCUT2D eigenvalue weighted by molar-refractivity contribution is 5.47. The van der Waals surface area contributed by atoms with E-state index in [2.05, 4.69) is 34.4 Å². The molecule has 0 radical (unpaired) electrons. The van der Waals surface area contributed by atoms with Crippen LogP contribution in [0, 0.1) is 5.92 Å². The highest BCUT2D eigenvalue weighted by atomic mass is 16.5. The van der Waals surface area contributed by atoms with Crippen molar-refractivity contribution in [3.05, 3.63) is 11.9 Å². The van der Waals surface area contributed by atoms with Gasteiger partial charge in [0.1, 0.15) is 18.2 Å². The van der Waals surface area contributed by atoms with Gasteiger partial charge < -0.3 is 20.5 Å². The second-order valence-electron chi connectivity index (χ2n) is 4.62. The van der Waals surface area contributed by atoms with Crippen molar-refractivity contribution in [2.45, 2.75) is 33.4 Å². The number of aromatic nitrogens is 2. The van der Waals surface area contributed by atoms with Crippen molar-refractivity contribution in [2.75, 3.05) is 30.9 Å². The molecule has 0 saturated heterocycles. The van der Waals surface area contributed by atoms with Crippen molar-refractivity contribution in [3.8, 4) is 0 Å². The van der Waals surface area contributed by atoms with Gasteiger partial charge in [-0.25, -0.2) is 9.97 Å². The quantitative estimate of drug-likeness (QED) is 0.663. The second kappa shape index (κ2) is 7.91. The maximum Gasteiger partial charge on any atom is 0.158 e. The summed E-state index contributed by atoms with van der Waals surface area (Å²) in [6, 6.07) is 1.79. The molecule has 3 N–H and O–H groups in total. The summed E-state index contributed by atoms with van der Waals surface area (Å²) >= 11 is 0. The lowest BCUT2D eigenvalue weighted by Gasteiger charge is -2.21. The van der Waals surface area contributed by atoms with Gasteiger partial charge in [-0.15, -0.1) is 0 Å². The van der Waals surface area contributed by atoms with E-state index in [1.165, 1.54) is 0 Å². The zero-order valence-corrected chi connectivity index (χ0v) is 12.1. The summed E-state index contributed by atoms with van der Waals surface area (Å²) in [7, 11) is 1.81. The Kier molecular flexibility index (Phi) is 6.52. The molecule has 1 aromatic heterocycles. The lowest BCUT2D eigenvalue weighted by atomic mass is 10.1. The summed E-state index contributed by atoms with van der Waals surface area (Å²) in [5.74, 6) is 2.36. The summed E-state index contributed by atoms with van der Waals surface area (Å²) in [6.45, 7) is 7.11. The van der Waals surface area contributed by atoms with E-state index < -0.39 is 0 Å². The lowest BCUT2D eigenvalue weighted by molar-refractivity contribution is 0.128. The van der Waals surface area contributed by atoms with E-state index in [1.54, 1.807) is 0 Å². The highest BCUT2D eigenvalue weighted by Gasteiger charge is 2.13. The molecule has 0 aliphatic rings. The van der Waals surface area contributed by atoms with Gasteiger partial charge in [-0.1, -0.05) is 13.8 Å². The van der Waals surface area contributed by atoms with Crippen molar-refractivity contribution in [1.29, 1.82) is 0 Å². The fraction of sp³-hybridized carbons (Fsp3) is 0.692. The molecule has 108 valence electrons. The van der Waals surface area contributed by atoms with Gasteiger partial charge in [-0.05, 0) is 12.8 Å². The van der Waals surface area contributed by atoms with Gasteiger partial charge in [-0.2, -0.15) is 0 Å². The number of ether oxygens (including phenoxy) is 1. The molecule has 0 spiro atoms. The van der Waals surface area contributed by atoms with E-state index in [0.717, 1.165) is 5.82 Å². The van der Waals surface area contributed by atoms with Gasteiger partial charge >= 0.3 is 0 Å². The molecule has 1 heterocycles. The Balaban J connectivity index is 2.86. The summed E-state index contributed by atoms with van der Waals surface area (Å²) in [5, 5.41) is 15.6. The Bertz CT molecular complexity index is 385. The SMILES string of the molecule is CCOCc1nc(NC)cc(N[C@H](CO)C(C)C)n1. The van der Waals surface area contributed by atoms with Crippen LogP contribution < -0.4 is 10.6 Å². The predicted octanol–water partition coefficient (Wildman–Crippen LogP) is 1.48. The molecule has 0 aliphatic heterocycles. The van der Waals surface area contributed by atoms with Gasteiger partial charge in [-0.3, -0.25) is 0 Å². The maximum absolute atomic E-state index is 9.35. The van der Waals surface area contributed by atoms with Crippen LogP contribution in [-0.2, 0) is 11.3 Å². The Morgan fingerprint density at radius 3 is 2.53 bits per heavy atom.